The molecule has 1 N–H and O–H groups in total. The number of rotatable bonds is 8. The third-order valence-electron chi connectivity index (χ3n) is 4.84. The Labute approximate surface area is 162 Å². The number of nitrogens with one attached hydrogen (secondary N) is 1. The Morgan fingerprint density at radius 3 is 2.19 bits per heavy atom. The third kappa shape index (κ3) is 6.24. The Morgan fingerprint density at radius 1 is 0.963 bits per heavy atom. The lowest BCUT2D eigenvalue weighted by atomic mass is 10.1. The molecule has 0 radical (unpaired) electrons. The predicted molar refractivity (Wildman–Crippen MR) is 109 cm³/mol. The molecular formula is C23H30N2O2. The highest BCUT2D eigenvalue weighted by molar-refractivity contribution is 5.88. The fourth-order valence-electron chi connectivity index (χ4n) is 2.81. The zero-order valence-electron chi connectivity index (χ0n) is 16.7. The number of amides is 2. The highest BCUT2D eigenvalue weighted by Gasteiger charge is 2.26. The Hall–Kier alpha value is -2.62. The number of nitrogens with zero attached hydrogens (tertiary/aromatic N) is 1. The molecule has 0 aliphatic rings. The molecule has 2 amide bonds. The number of hydrogen-bond donors (Lipinski definition) is 1. The quantitative estimate of drug-likeness (QED) is 0.771. The van der Waals surface area contributed by atoms with Crippen molar-refractivity contribution in [3.8, 4) is 0 Å². The maximum atomic E-state index is 13.0. The molecule has 2 aromatic rings. The van der Waals surface area contributed by atoms with Gasteiger partial charge >= 0.3 is 0 Å². The maximum absolute atomic E-state index is 13.0. The van der Waals surface area contributed by atoms with E-state index in [4.69, 9.17) is 0 Å². The van der Waals surface area contributed by atoms with Gasteiger partial charge in [-0.25, -0.2) is 0 Å². The van der Waals surface area contributed by atoms with Gasteiger partial charge in [-0.15, -0.1) is 0 Å². The second-order valence-electron chi connectivity index (χ2n) is 7.16. The molecule has 144 valence electrons. The van der Waals surface area contributed by atoms with Crippen LogP contribution in [0.5, 0.6) is 0 Å². The molecule has 0 aromatic heterocycles. The molecule has 2 rings (SSSR count). The molecule has 2 atom stereocenters. The predicted octanol–water partition coefficient (Wildman–Crippen LogP) is 3.87. The second kappa shape index (κ2) is 9.91. The monoisotopic (exact) mass is 366 g/mol. The van der Waals surface area contributed by atoms with E-state index in [0.717, 1.165) is 23.1 Å². The normalized spacial score (nSPS) is 12.9. The van der Waals surface area contributed by atoms with Crippen LogP contribution in [0.2, 0.25) is 0 Å². The number of aryl methyl sites for hydroxylation is 1. The fraction of sp³-hybridized carbons (Fsp3) is 0.391. The van der Waals surface area contributed by atoms with E-state index in [1.807, 2.05) is 75.4 Å². The lowest BCUT2D eigenvalue weighted by Gasteiger charge is -2.29. The zero-order valence-corrected chi connectivity index (χ0v) is 16.7. The van der Waals surface area contributed by atoms with Crippen molar-refractivity contribution >= 4 is 11.8 Å². The Morgan fingerprint density at radius 2 is 1.59 bits per heavy atom. The molecule has 0 bridgehead atoms. The van der Waals surface area contributed by atoms with Crippen LogP contribution in [0.3, 0.4) is 0 Å². The van der Waals surface area contributed by atoms with E-state index in [2.05, 4.69) is 5.32 Å². The first-order valence-electron chi connectivity index (χ1n) is 9.60. The molecule has 0 aliphatic heterocycles. The van der Waals surface area contributed by atoms with E-state index in [0.29, 0.717) is 6.54 Å². The summed E-state index contributed by atoms with van der Waals surface area (Å²) in [6.07, 6.45) is 1.14. The highest BCUT2D eigenvalue weighted by Crippen LogP contribution is 2.13. The van der Waals surface area contributed by atoms with Crippen LogP contribution in [0.25, 0.3) is 0 Å². The van der Waals surface area contributed by atoms with Gasteiger partial charge in [0, 0.05) is 12.6 Å². The van der Waals surface area contributed by atoms with E-state index in [1.165, 1.54) is 0 Å². The summed E-state index contributed by atoms with van der Waals surface area (Å²) in [7, 11) is 0. The first-order valence-corrected chi connectivity index (χ1v) is 9.60. The molecular weight excluding hydrogens is 336 g/mol. The lowest BCUT2D eigenvalue weighted by molar-refractivity contribution is -0.140. The summed E-state index contributed by atoms with van der Waals surface area (Å²) in [6.45, 7) is 8.24. The Bertz CT molecular complexity index is 741. The van der Waals surface area contributed by atoms with Crippen molar-refractivity contribution in [3.05, 3.63) is 71.3 Å². The summed E-state index contributed by atoms with van der Waals surface area (Å²) >= 11 is 0. The van der Waals surface area contributed by atoms with Crippen molar-refractivity contribution in [2.45, 2.75) is 59.2 Å². The van der Waals surface area contributed by atoms with Crippen LogP contribution in [0.1, 0.15) is 43.9 Å². The topological polar surface area (TPSA) is 49.4 Å². The summed E-state index contributed by atoms with van der Waals surface area (Å²) in [4.78, 5) is 27.4. The molecule has 0 spiro atoms. The van der Waals surface area contributed by atoms with E-state index in [-0.39, 0.29) is 24.3 Å². The standard InChI is InChI=1S/C23H30N2O2/c1-5-18(3)24-23(27)19(4)25(16-21-9-7-6-8-10-21)22(26)15-20-13-11-17(2)12-14-20/h6-14,18-19H,5,15-16H2,1-4H3,(H,24,27)/t18-,19-/m1/s1. The number of carbonyl (C=O) groups is 2. The minimum absolute atomic E-state index is 0.0468. The number of hydrogen-bond acceptors (Lipinski definition) is 2. The molecule has 0 aliphatic carbocycles. The van der Waals surface area contributed by atoms with Crippen molar-refractivity contribution in [2.75, 3.05) is 0 Å². The van der Waals surface area contributed by atoms with Gasteiger partial charge in [0.1, 0.15) is 6.04 Å². The molecule has 0 saturated heterocycles. The van der Waals surface area contributed by atoms with Crippen molar-refractivity contribution in [3.63, 3.8) is 0 Å². The number of benzene rings is 2. The van der Waals surface area contributed by atoms with Crippen LogP contribution in [0.4, 0.5) is 0 Å². The van der Waals surface area contributed by atoms with Gasteiger partial charge < -0.3 is 10.2 Å². The zero-order chi connectivity index (χ0) is 19.8. The first kappa shape index (κ1) is 20.7. The van der Waals surface area contributed by atoms with E-state index in [1.54, 1.807) is 11.8 Å². The van der Waals surface area contributed by atoms with Crippen molar-refractivity contribution in [1.82, 2.24) is 10.2 Å². The van der Waals surface area contributed by atoms with Gasteiger partial charge in [-0.05, 0) is 38.3 Å². The lowest BCUT2D eigenvalue weighted by Crippen LogP contribution is -2.49. The summed E-state index contributed by atoms with van der Waals surface area (Å²) in [5.74, 6) is -0.160. The minimum atomic E-state index is -0.530. The summed E-state index contributed by atoms with van der Waals surface area (Å²) in [6, 6.07) is 17.3. The van der Waals surface area contributed by atoms with Crippen LogP contribution < -0.4 is 5.32 Å². The first-order chi connectivity index (χ1) is 12.9. The van der Waals surface area contributed by atoms with Gasteiger partial charge in [0.25, 0.3) is 0 Å². The SMILES string of the molecule is CC[C@@H](C)NC(=O)[C@@H](C)N(Cc1ccccc1)C(=O)Cc1ccc(C)cc1. The van der Waals surface area contributed by atoms with Crippen LogP contribution >= 0.6 is 0 Å². The molecule has 0 fully saturated rings. The molecule has 2 aromatic carbocycles. The second-order valence-corrected chi connectivity index (χ2v) is 7.16. The molecule has 4 nitrogen and oxygen atoms in total. The van der Waals surface area contributed by atoms with Crippen molar-refractivity contribution in [2.24, 2.45) is 0 Å². The maximum Gasteiger partial charge on any atom is 0.242 e. The van der Waals surface area contributed by atoms with Crippen LogP contribution in [-0.4, -0.2) is 28.8 Å². The van der Waals surface area contributed by atoms with Gasteiger partial charge in [0.05, 0.1) is 6.42 Å². The molecule has 0 heterocycles. The Kier molecular flexibility index (Phi) is 7.59. The largest absolute Gasteiger partial charge is 0.352 e. The summed E-state index contributed by atoms with van der Waals surface area (Å²) in [5.41, 5.74) is 3.13. The smallest absolute Gasteiger partial charge is 0.242 e. The highest BCUT2D eigenvalue weighted by atomic mass is 16.2. The molecule has 4 heteroatoms. The fourth-order valence-corrected chi connectivity index (χ4v) is 2.81. The van der Waals surface area contributed by atoms with Crippen LogP contribution in [-0.2, 0) is 22.6 Å². The van der Waals surface area contributed by atoms with Gasteiger partial charge in [0.15, 0.2) is 0 Å². The average Bonchev–Trinajstić information content (AvgIpc) is 2.67. The van der Waals surface area contributed by atoms with E-state index < -0.39 is 6.04 Å². The third-order valence-corrected chi connectivity index (χ3v) is 4.84. The van der Waals surface area contributed by atoms with Crippen molar-refractivity contribution < 1.29 is 9.59 Å². The van der Waals surface area contributed by atoms with E-state index in [9.17, 15) is 9.59 Å². The van der Waals surface area contributed by atoms with E-state index >= 15 is 0 Å². The van der Waals surface area contributed by atoms with Gasteiger partial charge in [-0.2, -0.15) is 0 Å². The number of carbonyl (C=O) groups excluding carboxylic acids is 2. The van der Waals surface area contributed by atoms with Crippen LogP contribution in [0.15, 0.2) is 54.6 Å². The Balaban J connectivity index is 2.18. The summed E-state index contributed by atoms with van der Waals surface area (Å²) in [5, 5.41) is 2.99. The van der Waals surface area contributed by atoms with Gasteiger partial charge in [-0.3, -0.25) is 9.59 Å². The molecule has 27 heavy (non-hydrogen) atoms. The summed E-state index contributed by atoms with van der Waals surface area (Å²) < 4.78 is 0. The van der Waals surface area contributed by atoms with Gasteiger partial charge in [0.2, 0.25) is 11.8 Å². The van der Waals surface area contributed by atoms with Gasteiger partial charge in [-0.1, -0.05) is 67.1 Å². The molecule has 0 unspecified atom stereocenters. The van der Waals surface area contributed by atoms with Crippen LogP contribution in [0, 0.1) is 6.92 Å². The molecule has 0 saturated carbocycles. The van der Waals surface area contributed by atoms with Crippen molar-refractivity contribution in [1.29, 1.82) is 0 Å². The minimum Gasteiger partial charge on any atom is -0.352 e. The average molecular weight is 367 g/mol.